The number of hydrogen-bond donors (Lipinski definition) is 0. The first-order valence-electron chi connectivity index (χ1n) is 7.22. The van der Waals surface area contributed by atoms with Crippen molar-refractivity contribution in [3.05, 3.63) is 66.0 Å². The van der Waals surface area contributed by atoms with E-state index in [-0.39, 0.29) is 11.2 Å². The van der Waals surface area contributed by atoms with Crippen LogP contribution in [0.4, 0.5) is 0 Å². The van der Waals surface area contributed by atoms with Crippen LogP contribution < -0.4 is 4.57 Å². The van der Waals surface area contributed by atoms with E-state index in [0.717, 1.165) is 11.3 Å². The molecule has 1 aromatic heterocycles. The molecule has 0 fully saturated rings. The molecule has 2 nitrogen and oxygen atoms in total. The third-order valence-electron chi connectivity index (χ3n) is 3.37. The van der Waals surface area contributed by atoms with E-state index in [1.165, 1.54) is 0 Å². The molecule has 0 atom stereocenters. The normalized spacial score (nSPS) is 11.8. The van der Waals surface area contributed by atoms with Gasteiger partial charge in [0.25, 0.3) is 0 Å². The summed E-state index contributed by atoms with van der Waals surface area (Å²) >= 11 is 0. The zero-order valence-electron chi connectivity index (χ0n) is 12.9. The van der Waals surface area contributed by atoms with Crippen LogP contribution in [0, 0.1) is 5.41 Å². The number of aromatic nitrogens is 1. The van der Waals surface area contributed by atoms with E-state index in [1.807, 2.05) is 74.0 Å². The molecule has 2 aromatic rings. The second kappa shape index (κ2) is 6.49. The van der Waals surface area contributed by atoms with E-state index in [1.54, 1.807) is 0 Å². The van der Waals surface area contributed by atoms with Gasteiger partial charge in [-0.1, -0.05) is 51.1 Å². The molecule has 0 spiro atoms. The largest absolute Gasteiger partial charge is 0.292 e. The molecule has 2 rings (SSSR count). The second-order valence-electron chi connectivity index (χ2n) is 6.17. The predicted molar refractivity (Wildman–Crippen MR) is 86.5 cm³/mol. The summed E-state index contributed by atoms with van der Waals surface area (Å²) in [5.74, 6) is 0.230. The van der Waals surface area contributed by atoms with Crippen molar-refractivity contribution in [1.29, 1.82) is 0 Å². The molecule has 1 heterocycles. The maximum atomic E-state index is 12.2. The maximum Gasteiger partial charge on any atom is 0.207 e. The molecule has 0 bridgehead atoms. The van der Waals surface area contributed by atoms with Gasteiger partial charge < -0.3 is 0 Å². The van der Waals surface area contributed by atoms with Gasteiger partial charge in [-0.3, -0.25) is 4.79 Å². The van der Waals surface area contributed by atoms with Crippen LogP contribution >= 0.6 is 0 Å². The molecule has 0 unspecified atom stereocenters. The summed E-state index contributed by atoms with van der Waals surface area (Å²) in [6, 6.07) is 16.1. The molecule has 0 aliphatic carbocycles. The minimum Gasteiger partial charge on any atom is -0.292 e. The first-order valence-corrected chi connectivity index (χ1v) is 7.22. The van der Waals surface area contributed by atoms with E-state index in [4.69, 9.17) is 0 Å². The first-order chi connectivity index (χ1) is 9.97. The summed E-state index contributed by atoms with van der Waals surface area (Å²) in [4.78, 5) is 12.2. The Hall–Kier alpha value is -2.22. The Bertz CT molecular complexity index is 636. The van der Waals surface area contributed by atoms with Crippen molar-refractivity contribution >= 4 is 17.9 Å². The number of pyridine rings is 1. The predicted octanol–water partition coefficient (Wildman–Crippen LogP) is 3.76. The number of carbonyl (C=O) groups excluding carboxylic acids is 1. The highest BCUT2D eigenvalue weighted by Gasteiger charge is 2.25. The molecular weight excluding hydrogens is 258 g/mol. The zero-order valence-corrected chi connectivity index (χ0v) is 12.9. The zero-order chi connectivity index (χ0) is 15.3. The fourth-order valence-electron chi connectivity index (χ4n) is 1.92. The highest BCUT2D eigenvalue weighted by Crippen LogP contribution is 2.14. The van der Waals surface area contributed by atoms with Crippen molar-refractivity contribution in [1.82, 2.24) is 0 Å². The lowest BCUT2D eigenvalue weighted by Gasteiger charge is -2.14. The fourth-order valence-corrected chi connectivity index (χ4v) is 1.92. The van der Waals surface area contributed by atoms with Gasteiger partial charge in [0, 0.05) is 23.6 Å². The lowest BCUT2D eigenvalue weighted by Crippen LogP contribution is -2.43. The third kappa shape index (κ3) is 4.38. The summed E-state index contributed by atoms with van der Waals surface area (Å²) in [5, 5.41) is 0. The highest BCUT2D eigenvalue weighted by molar-refractivity contribution is 5.82. The van der Waals surface area contributed by atoms with Crippen LogP contribution in [-0.2, 0) is 11.3 Å². The SMILES string of the molecule is CC(C)(C)C(=O)C[n+]1ccccc1/C=C/c1ccccc1. The summed E-state index contributed by atoms with van der Waals surface area (Å²) in [7, 11) is 0. The van der Waals surface area contributed by atoms with E-state index < -0.39 is 0 Å². The molecule has 1 aromatic carbocycles. The Balaban J connectivity index is 2.21. The second-order valence-corrected chi connectivity index (χ2v) is 6.17. The Morgan fingerprint density at radius 1 is 1.00 bits per heavy atom. The van der Waals surface area contributed by atoms with Gasteiger partial charge in [0.05, 0.1) is 0 Å². The van der Waals surface area contributed by atoms with Gasteiger partial charge >= 0.3 is 0 Å². The molecule has 0 N–H and O–H groups in total. The molecule has 0 saturated carbocycles. The topological polar surface area (TPSA) is 20.9 Å². The van der Waals surface area contributed by atoms with Crippen molar-refractivity contribution in [3.8, 4) is 0 Å². The molecular formula is C19H22NO+. The number of hydrogen-bond acceptors (Lipinski definition) is 1. The van der Waals surface area contributed by atoms with Crippen molar-refractivity contribution < 1.29 is 9.36 Å². The average Bonchev–Trinajstić information content (AvgIpc) is 2.46. The van der Waals surface area contributed by atoms with Crippen LogP contribution in [0.2, 0.25) is 0 Å². The Morgan fingerprint density at radius 2 is 1.67 bits per heavy atom. The van der Waals surface area contributed by atoms with E-state index >= 15 is 0 Å². The molecule has 0 aliphatic heterocycles. The monoisotopic (exact) mass is 280 g/mol. The van der Waals surface area contributed by atoms with Gasteiger partial charge in [-0.15, -0.1) is 0 Å². The lowest BCUT2D eigenvalue weighted by molar-refractivity contribution is -0.686. The van der Waals surface area contributed by atoms with Gasteiger partial charge in [-0.2, -0.15) is 4.57 Å². The minimum absolute atomic E-state index is 0.230. The average molecular weight is 280 g/mol. The Kier molecular flexibility index (Phi) is 4.69. The van der Waals surface area contributed by atoms with E-state index in [9.17, 15) is 4.79 Å². The minimum atomic E-state index is -0.316. The number of rotatable bonds is 4. The number of nitrogens with zero attached hydrogens (tertiary/aromatic N) is 1. The Labute approximate surface area is 126 Å². The summed E-state index contributed by atoms with van der Waals surface area (Å²) in [5.41, 5.74) is 1.86. The fraction of sp³-hybridized carbons (Fsp3) is 0.263. The lowest BCUT2D eigenvalue weighted by atomic mass is 9.91. The van der Waals surface area contributed by atoms with Crippen molar-refractivity contribution in [3.63, 3.8) is 0 Å². The quantitative estimate of drug-likeness (QED) is 0.781. The van der Waals surface area contributed by atoms with Crippen LogP contribution in [0.15, 0.2) is 54.7 Å². The van der Waals surface area contributed by atoms with Crippen molar-refractivity contribution in [2.24, 2.45) is 5.41 Å². The smallest absolute Gasteiger partial charge is 0.207 e. The molecule has 0 saturated heterocycles. The summed E-state index contributed by atoms with van der Waals surface area (Å²) in [6.45, 7) is 6.27. The first kappa shape index (κ1) is 15.2. The van der Waals surface area contributed by atoms with Crippen molar-refractivity contribution in [2.45, 2.75) is 27.3 Å². The van der Waals surface area contributed by atoms with Gasteiger partial charge in [-0.05, 0) is 17.7 Å². The van der Waals surface area contributed by atoms with Crippen LogP contribution in [0.5, 0.6) is 0 Å². The molecule has 0 amide bonds. The molecule has 21 heavy (non-hydrogen) atoms. The molecule has 108 valence electrons. The molecule has 0 radical (unpaired) electrons. The van der Waals surface area contributed by atoms with Crippen LogP contribution in [0.1, 0.15) is 32.0 Å². The number of carbonyl (C=O) groups is 1. The maximum absolute atomic E-state index is 12.2. The van der Waals surface area contributed by atoms with Crippen LogP contribution in [-0.4, -0.2) is 5.78 Å². The van der Waals surface area contributed by atoms with Gasteiger partial charge in [0.1, 0.15) is 0 Å². The Morgan fingerprint density at radius 3 is 2.33 bits per heavy atom. The third-order valence-corrected chi connectivity index (χ3v) is 3.37. The summed E-state index contributed by atoms with van der Waals surface area (Å²) < 4.78 is 1.99. The van der Waals surface area contributed by atoms with E-state index in [2.05, 4.69) is 18.2 Å². The molecule has 2 heteroatoms. The number of benzene rings is 1. The van der Waals surface area contributed by atoms with E-state index in [0.29, 0.717) is 6.54 Å². The molecule has 0 aliphatic rings. The van der Waals surface area contributed by atoms with Gasteiger partial charge in [-0.25, -0.2) is 0 Å². The standard InChI is InChI=1S/C19H22NO/c1-19(2,3)18(21)15-20-14-8-7-11-17(20)13-12-16-9-5-4-6-10-16/h4-14H,15H2,1-3H3/q+1/b13-12+. The van der Waals surface area contributed by atoms with Crippen LogP contribution in [0.25, 0.3) is 12.2 Å². The van der Waals surface area contributed by atoms with Gasteiger partial charge in [0.2, 0.25) is 18.0 Å². The van der Waals surface area contributed by atoms with Crippen molar-refractivity contribution in [2.75, 3.05) is 0 Å². The summed E-state index contributed by atoms with van der Waals surface area (Å²) in [6.07, 6.45) is 6.06. The number of ketones is 1. The van der Waals surface area contributed by atoms with Crippen LogP contribution in [0.3, 0.4) is 0 Å². The van der Waals surface area contributed by atoms with Gasteiger partial charge in [0.15, 0.2) is 6.20 Å². The highest BCUT2D eigenvalue weighted by atomic mass is 16.1. The number of Topliss-reactive ketones (excluding diaryl/α,β-unsaturated/α-hetero) is 1.